The van der Waals surface area contributed by atoms with E-state index in [9.17, 15) is 8.42 Å². The Bertz CT molecular complexity index is 1260. The van der Waals surface area contributed by atoms with Crippen LogP contribution in [0.25, 0.3) is 11.0 Å². The molecule has 0 saturated carbocycles. The lowest BCUT2D eigenvalue weighted by molar-refractivity contribution is 0.342. The van der Waals surface area contributed by atoms with E-state index in [1.165, 1.54) is 6.26 Å². The molecule has 5 rings (SSSR count). The van der Waals surface area contributed by atoms with Crippen LogP contribution >= 0.6 is 0 Å². The van der Waals surface area contributed by atoms with E-state index in [4.69, 9.17) is 4.98 Å². The molecule has 2 saturated heterocycles. The topological polar surface area (TPSA) is 97.1 Å². The van der Waals surface area contributed by atoms with Gasteiger partial charge in [0.05, 0.1) is 30.0 Å². The molecule has 10 heteroatoms. The van der Waals surface area contributed by atoms with Crippen LogP contribution in [0.4, 0.5) is 5.95 Å². The molecular weight excluding hydrogens is 426 g/mol. The number of hydrogen-bond donors (Lipinski definition) is 0. The number of rotatable bonds is 5. The monoisotopic (exact) mass is 455 g/mol. The molecule has 170 valence electrons. The SMILES string of the molecule is CC(C)n1cnc2cnc(Cc3ccnc(N4CCC5(CCN(S(C)(=O)=O)C5)C4)n3)cc21. The number of sulfonamides is 1. The highest BCUT2D eigenvalue weighted by atomic mass is 32.2. The van der Waals surface area contributed by atoms with Crippen LogP contribution in [-0.4, -0.2) is 69.7 Å². The molecule has 0 aromatic carbocycles. The summed E-state index contributed by atoms with van der Waals surface area (Å²) in [6.45, 7) is 7.11. The summed E-state index contributed by atoms with van der Waals surface area (Å²) in [5.74, 6) is 0.713. The molecule has 0 radical (unpaired) electrons. The average Bonchev–Trinajstić information content (AvgIpc) is 3.47. The van der Waals surface area contributed by atoms with E-state index in [0.717, 1.165) is 48.4 Å². The zero-order valence-corrected chi connectivity index (χ0v) is 19.6. The second kappa shape index (κ2) is 7.77. The number of nitrogens with zero attached hydrogens (tertiary/aromatic N) is 7. The summed E-state index contributed by atoms with van der Waals surface area (Å²) in [6, 6.07) is 4.35. The van der Waals surface area contributed by atoms with E-state index in [0.29, 0.717) is 31.5 Å². The van der Waals surface area contributed by atoms with Gasteiger partial charge in [0, 0.05) is 55.9 Å². The molecule has 0 bridgehead atoms. The highest BCUT2D eigenvalue weighted by Gasteiger charge is 2.46. The minimum atomic E-state index is -3.14. The van der Waals surface area contributed by atoms with Gasteiger partial charge in [0.15, 0.2) is 0 Å². The van der Waals surface area contributed by atoms with Crippen LogP contribution in [0.2, 0.25) is 0 Å². The lowest BCUT2D eigenvalue weighted by Gasteiger charge is -2.24. The first-order valence-electron chi connectivity index (χ1n) is 11.1. The Labute approximate surface area is 188 Å². The number of anilines is 1. The lowest BCUT2D eigenvalue weighted by atomic mass is 9.87. The Kier molecular flexibility index (Phi) is 5.16. The van der Waals surface area contributed by atoms with Gasteiger partial charge in [-0.2, -0.15) is 0 Å². The van der Waals surface area contributed by atoms with Crippen molar-refractivity contribution >= 4 is 27.0 Å². The number of pyridine rings is 1. The van der Waals surface area contributed by atoms with Gasteiger partial charge in [0.25, 0.3) is 0 Å². The molecule has 0 amide bonds. The predicted octanol–water partition coefficient (Wildman–Crippen LogP) is 2.25. The fraction of sp³-hybridized carbons (Fsp3) is 0.545. The third-order valence-corrected chi connectivity index (χ3v) is 7.98. The van der Waals surface area contributed by atoms with Crippen molar-refractivity contribution in [1.82, 2.24) is 28.8 Å². The second-order valence-corrected chi connectivity index (χ2v) is 11.4. The van der Waals surface area contributed by atoms with Gasteiger partial charge in [-0.1, -0.05) is 0 Å². The van der Waals surface area contributed by atoms with Crippen molar-refractivity contribution in [2.75, 3.05) is 37.3 Å². The molecule has 1 atom stereocenters. The number of hydrogen-bond acceptors (Lipinski definition) is 7. The van der Waals surface area contributed by atoms with Crippen LogP contribution in [-0.2, 0) is 16.4 Å². The highest BCUT2D eigenvalue weighted by Crippen LogP contribution is 2.41. The van der Waals surface area contributed by atoms with Crippen LogP contribution in [0.5, 0.6) is 0 Å². The predicted molar refractivity (Wildman–Crippen MR) is 123 cm³/mol. The van der Waals surface area contributed by atoms with Crippen LogP contribution in [0, 0.1) is 5.41 Å². The number of imidazole rings is 1. The first-order valence-corrected chi connectivity index (χ1v) is 12.9. The maximum Gasteiger partial charge on any atom is 0.225 e. The van der Waals surface area contributed by atoms with Gasteiger partial charge >= 0.3 is 0 Å². The quantitative estimate of drug-likeness (QED) is 0.582. The Morgan fingerprint density at radius 2 is 1.91 bits per heavy atom. The summed E-state index contributed by atoms with van der Waals surface area (Å²) in [6.07, 6.45) is 9.26. The molecule has 1 unspecified atom stereocenters. The van der Waals surface area contributed by atoms with E-state index in [-0.39, 0.29) is 5.41 Å². The minimum Gasteiger partial charge on any atom is -0.340 e. The van der Waals surface area contributed by atoms with Gasteiger partial charge in [-0.25, -0.2) is 27.7 Å². The van der Waals surface area contributed by atoms with Crippen molar-refractivity contribution in [3.63, 3.8) is 0 Å². The molecule has 9 nitrogen and oxygen atoms in total. The maximum absolute atomic E-state index is 11.9. The first-order chi connectivity index (χ1) is 15.2. The van der Waals surface area contributed by atoms with Crippen molar-refractivity contribution in [3.05, 3.63) is 42.2 Å². The molecule has 3 aromatic heterocycles. The molecule has 5 heterocycles. The first kappa shape index (κ1) is 21.3. The molecule has 2 aliphatic rings. The van der Waals surface area contributed by atoms with Gasteiger partial charge in [-0.3, -0.25) is 4.98 Å². The van der Waals surface area contributed by atoms with Crippen molar-refractivity contribution in [2.45, 2.75) is 39.2 Å². The highest BCUT2D eigenvalue weighted by molar-refractivity contribution is 7.88. The fourth-order valence-corrected chi connectivity index (χ4v) is 5.85. The molecule has 3 aromatic rings. The van der Waals surface area contributed by atoms with Crippen LogP contribution in [0.1, 0.15) is 44.1 Å². The van der Waals surface area contributed by atoms with Crippen molar-refractivity contribution < 1.29 is 8.42 Å². The van der Waals surface area contributed by atoms with Gasteiger partial charge in [-0.05, 0) is 38.8 Å². The zero-order chi connectivity index (χ0) is 22.5. The molecule has 32 heavy (non-hydrogen) atoms. The average molecular weight is 456 g/mol. The fourth-order valence-electron chi connectivity index (χ4n) is 4.92. The number of aromatic nitrogens is 5. The smallest absolute Gasteiger partial charge is 0.225 e. The molecule has 0 aliphatic carbocycles. The summed E-state index contributed by atoms with van der Waals surface area (Å²) in [5.41, 5.74) is 3.85. The molecular formula is C22H29N7O2S. The summed E-state index contributed by atoms with van der Waals surface area (Å²) >= 11 is 0. The van der Waals surface area contributed by atoms with Gasteiger partial charge in [0.1, 0.15) is 5.52 Å². The van der Waals surface area contributed by atoms with Gasteiger partial charge < -0.3 is 9.47 Å². The lowest BCUT2D eigenvalue weighted by Crippen LogP contribution is -2.33. The third kappa shape index (κ3) is 3.97. The largest absolute Gasteiger partial charge is 0.340 e. The van der Waals surface area contributed by atoms with Crippen molar-refractivity contribution in [2.24, 2.45) is 5.41 Å². The Hall–Kier alpha value is -2.59. The van der Waals surface area contributed by atoms with E-state index < -0.39 is 10.0 Å². The Morgan fingerprint density at radius 1 is 1.09 bits per heavy atom. The molecule has 0 N–H and O–H groups in total. The van der Waals surface area contributed by atoms with Crippen molar-refractivity contribution in [3.8, 4) is 0 Å². The maximum atomic E-state index is 11.9. The van der Waals surface area contributed by atoms with E-state index in [2.05, 4.69) is 44.3 Å². The molecule has 2 fully saturated rings. The van der Waals surface area contributed by atoms with E-state index in [1.54, 1.807) is 10.5 Å². The number of fused-ring (bicyclic) bond motifs is 1. The van der Waals surface area contributed by atoms with E-state index in [1.807, 2.05) is 18.6 Å². The summed E-state index contributed by atoms with van der Waals surface area (Å²) < 4.78 is 27.6. The molecule has 2 aliphatic heterocycles. The summed E-state index contributed by atoms with van der Waals surface area (Å²) in [5, 5.41) is 0. The van der Waals surface area contributed by atoms with Gasteiger partial charge in [-0.15, -0.1) is 0 Å². The Balaban J connectivity index is 1.33. The normalized spacial score (nSPS) is 22.1. The van der Waals surface area contributed by atoms with Crippen LogP contribution in [0.15, 0.2) is 30.9 Å². The van der Waals surface area contributed by atoms with Crippen LogP contribution < -0.4 is 4.90 Å². The summed E-state index contributed by atoms with van der Waals surface area (Å²) in [4.78, 5) is 20.5. The zero-order valence-electron chi connectivity index (χ0n) is 18.8. The molecule has 1 spiro atoms. The second-order valence-electron chi connectivity index (χ2n) is 9.45. The summed E-state index contributed by atoms with van der Waals surface area (Å²) in [7, 11) is -3.14. The standard InChI is InChI=1S/C22H29N7O2S/c1-16(2)29-15-25-19-12-24-18(11-20(19)29)10-17-4-7-23-21(26-17)27-8-5-22(13-27)6-9-28(14-22)32(3,30)31/h4,7,11-12,15-16H,5-6,8-10,13-14H2,1-3H3. The van der Waals surface area contributed by atoms with E-state index >= 15 is 0 Å². The van der Waals surface area contributed by atoms with Crippen LogP contribution in [0.3, 0.4) is 0 Å². The minimum absolute atomic E-state index is 0.00426. The van der Waals surface area contributed by atoms with Gasteiger partial charge in [0.2, 0.25) is 16.0 Å². The Morgan fingerprint density at radius 3 is 2.66 bits per heavy atom. The van der Waals surface area contributed by atoms with Crippen molar-refractivity contribution in [1.29, 1.82) is 0 Å². The third-order valence-electron chi connectivity index (χ3n) is 6.73.